The van der Waals surface area contributed by atoms with Gasteiger partial charge in [0.2, 0.25) is 0 Å². The molecule has 0 saturated carbocycles. The average Bonchev–Trinajstić information content (AvgIpc) is 2.41. The molecule has 0 aromatic heterocycles. The van der Waals surface area contributed by atoms with Gasteiger partial charge in [-0.25, -0.2) is 0 Å². The number of hydrogen-bond acceptors (Lipinski definition) is 2. The second-order valence-electron chi connectivity index (χ2n) is 4.11. The van der Waals surface area contributed by atoms with E-state index in [0.29, 0.717) is 5.56 Å². The summed E-state index contributed by atoms with van der Waals surface area (Å²) in [5.41, 5.74) is 2.36. The van der Waals surface area contributed by atoms with Gasteiger partial charge in [-0.15, -0.1) is 0 Å². The number of ketones is 1. The van der Waals surface area contributed by atoms with Gasteiger partial charge in [-0.1, -0.05) is 42.5 Å². The SMILES string of the molecule is Cc1cc(/C=C/C(=O)c2ccccc2)ccc1O. The zero-order chi connectivity index (χ0) is 13.0. The first-order valence-electron chi connectivity index (χ1n) is 5.74. The van der Waals surface area contributed by atoms with Crippen LogP contribution in [-0.4, -0.2) is 10.9 Å². The van der Waals surface area contributed by atoms with Gasteiger partial charge < -0.3 is 5.11 Å². The standard InChI is InChI=1S/C16H14O2/c1-12-11-13(7-9-15(12)17)8-10-16(18)14-5-3-2-4-6-14/h2-11,17H,1H3/b10-8+. The van der Waals surface area contributed by atoms with Crippen molar-refractivity contribution < 1.29 is 9.90 Å². The smallest absolute Gasteiger partial charge is 0.185 e. The molecule has 90 valence electrons. The van der Waals surface area contributed by atoms with Gasteiger partial charge in [0.15, 0.2) is 5.78 Å². The van der Waals surface area contributed by atoms with E-state index in [1.807, 2.05) is 31.2 Å². The molecular weight excluding hydrogens is 224 g/mol. The van der Waals surface area contributed by atoms with Crippen molar-refractivity contribution in [2.24, 2.45) is 0 Å². The van der Waals surface area contributed by atoms with Crippen molar-refractivity contribution in [3.05, 3.63) is 71.3 Å². The van der Waals surface area contributed by atoms with Crippen LogP contribution in [0.5, 0.6) is 5.75 Å². The molecule has 0 radical (unpaired) electrons. The highest BCUT2D eigenvalue weighted by molar-refractivity contribution is 6.06. The number of aromatic hydroxyl groups is 1. The Morgan fingerprint density at radius 3 is 2.50 bits per heavy atom. The number of benzene rings is 2. The molecule has 2 aromatic rings. The highest BCUT2D eigenvalue weighted by Gasteiger charge is 2.00. The van der Waals surface area contributed by atoms with Crippen LogP contribution in [0.1, 0.15) is 21.5 Å². The van der Waals surface area contributed by atoms with Gasteiger partial charge in [-0.05, 0) is 36.3 Å². The van der Waals surface area contributed by atoms with E-state index in [-0.39, 0.29) is 11.5 Å². The number of allylic oxidation sites excluding steroid dienone is 1. The van der Waals surface area contributed by atoms with Crippen LogP contribution in [0.4, 0.5) is 0 Å². The van der Waals surface area contributed by atoms with E-state index in [2.05, 4.69) is 0 Å². The quantitative estimate of drug-likeness (QED) is 0.655. The zero-order valence-electron chi connectivity index (χ0n) is 10.1. The van der Waals surface area contributed by atoms with Crippen LogP contribution in [0.3, 0.4) is 0 Å². The van der Waals surface area contributed by atoms with Gasteiger partial charge in [0.05, 0.1) is 0 Å². The van der Waals surface area contributed by atoms with Gasteiger partial charge in [0.25, 0.3) is 0 Å². The van der Waals surface area contributed by atoms with Gasteiger partial charge in [-0.2, -0.15) is 0 Å². The molecule has 0 atom stereocenters. The topological polar surface area (TPSA) is 37.3 Å². The van der Waals surface area contributed by atoms with E-state index in [9.17, 15) is 9.90 Å². The van der Waals surface area contributed by atoms with Crippen molar-refractivity contribution in [1.29, 1.82) is 0 Å². The molecule has 18 heavy (non-hydrogen) atoms. The number of phenols is 1. The summed E-state index contributed by atoms with van der Waals surface area (Å²) < 4.78 is 0. The molecule has 0 spiro atoms. The fourth-order valence-electron chi connectivity index (χ4n) is 1.65. The van der Waals surface area contributed by atoms with E-state index >= 15 is 0 Å². The van der Waals surface area contributed by atoms with Crippen molar-refractivity contribution in [1.82, 2.24) is 0 Å². The van der Waals surface area contributed by atoms with Crippen LogP contribution in [0.25, 0.3) is 6.08 Å². The fourth-order valence-corrected chi connectivity index (χ4v) is 1.65. The number of carbonyl (C=O) groups excluding carboxylic acids is 1. The Morgan fingerprint density at radius 1 is 1.11 bits per heavy atom. The first-order valence-corrected chi connectivity index (χ1v) is 5.74. The highest BCUT2D eigenvalue weighted by atomic mass is 16.3. The third-order valence-corrected chi connectivity index (χ3v) is 2.71. The molecule has 0 unspecified atom stereocenters. The molecule has 0 amide bonds. The molecule has 1 N–H and O–H groups in total. The van der Waals surface area contributed by atoms with Crippen molar-refractivity contribution in [3.8, 4) is 5.75 Å². The number of hydrogen-bond donors (Lipinski definition) is 1. The molecule has 0 aliphatic carbocycles. The molecule has 0 saturated heterocycles. The molecule has 2 aromatic carbocycles. The molecule has 2 rings (SSSR count). The summed E-state index contributed by atoms with van der Waals surface area (Å²) in [5.74, 6) is 0.239. The minimum Gasteiger partial charge on any atom is -0.508 e. The fraction of sp³-hybridized carbons (Fsp3) is 0.0625. The van der Waals surface area contributed by atoms with Gasteiger partial charge in [-0.3, -0.25) is 4.79 Å². The monoisotopic (exact) mass is 238 g/mol. The molecule has 0 aliphatic rings. The third-order valence-electron chi connectivity index (χ3n) is 2.71. The van der Waals surface area contributed by atoms with E-state index in [1.54, 1.807) is 36.4 Å². The Bertz CT molecular complexity index is 583. The molecule has 0 bridgehead atoms. The van der Waals surface area contributed by atoms with Gasteiger partial charge in [0, 0.05) is 5.56 Å². The Kier molecular flexibility index (Phi) is 3.58. The van der Waals surface area contributed by atoms with Crippen molar-refractivity contribution >= 4 is 11.9 Å². The number of rotatable bonds is 3. The third kappa shape index (κ3) is 2.86. The summed E-state index contributed by atoms with van der Waals surface area (Å²) in [6.07, 6.45) is 3.29. The predicted octanol–water partition coefficient (Wildman–Crippen LogP) is 3.60. The average molecular weight is 238 g/mol. The summed E-state index contributed by atoms with van der Waals surface area (Å²) in [5, 5.41) is 9.41. The van der Waals surface area contributed by atoms with Crippen LogP contribution < -0.4 is 0 Å². The lowest BCUT2D eigenvalue weighted by Crippen LogP contribution is -1.92. The number of phenolic OH excluding ortho intramolecular Hbond substituents is 1. The lowest BCUT2D eigenvalue weighted by molar-refractivity contribution is 0.104. The summed E-state index contributed by atoms with van der Waals surface area (Å²) in [6.45, 7) is 1.83. The molecule has 2 heteroatoms. The molecule has 0 heterocycles. The van der Waals surface area contributed by atoms with Gasteiger partial charge >= 0.3 is 0 Å². The molecular formula is C16H14O2. The first-order chi connectivity index (χ1) is 8.66. The number of aryl methyl sites for hydroxylation is 1. The van der Waals surface area contributed by atoms with E-state index in [0.717, 1.165) is 11.1 Å². The second-order valence-corrected chi connectivity index (χ2v) is 4.11. The Balaban J connectivity index is 2.16. The van der Waals surface area contributed by atoms with Crippen molar-refractivity contribution in [2.45, 2.75) is 6.92 Å². The largest absolute Gasteiger partial charge is 0.508 e. The summed E-state index contributed by atoms with van der Waals surface area (Å²) >= 11 is 0. The first kappa shape index (κ1) is 12.1. The van der Waals surface area contributed by atoms with Crippen molar-refractivity contribution in [2.75, 3.05) is 0 Å². The summed E-state index contributed by atoms with van der Waals surface area (Å²) in [4.78, 5) is 11.8. The Labute approximate surface area is 106 Å². The van der Waals surface area contributed by atoms with Crippen LogP contribution in [0.15, 0.2) is 54.6 Å². The normalized spacial score (nSPS) is 10.7. The summed E-state index contributed by atoms with van der Waals surface area (Å²) in [7, 11) is 0. The number of carbonyl (C=O) groups is 1. The lowest BCUT2D eigenvalue weighted by Gasteiger charge is -1.99. The maximum Gasteiger partial charge on any atom is 0.185 e. The highest BCUT2D eigenvalue weighted by Crippen LogP contribution is 2.17. The summed E-state index contributed by atoms with van der Waals surface area (Å²) in [6, 6.07) is 14.4. The minimum atomic E-state index is -0.0265. The van der Waals surface area contributed by atoms with Crippen LogP contribution in [0, 0.1) is 6.92 Å². The zero-order valence-corrected chi connectivity index (χ0v) is 10.1. The van der Waals surface area contributed by atoms with E-state index in [1.165, 1.54) is 0 Å². The second kappa shape index (κ2) is 5.32. The van der Waals surface area contributed by atoms with E-state index in [4.69, 9.17) is 0 Å². The van der Waals surface area contributed by atoms with Crippen molar-refractivity contribution in [3.63, 3.8) is 0 Å². The Morgan fingerprint density at radius 2 is 1.83 bits per heavy atom. The maximum absolute atomic E-state index is 11.8. The molecule has 2 nitrogen and oxygen atoms in total. The molecule has 0 aliphatic heterocycles. The van der Waals surface area contributed by atoms with Crippen LogP contribution in [-0.2, 0) is 0 Å². The lowest BCUT2D eigenvalue weighted by atomic mass is 10.1. The maximum atomic E-state index is 11.8. The molecule has 0 fully saturated rings. The van der Waals surface area contributed by atoms with Gasteiger partial charge in [0.1, 0.15) is 5.75 Å². The Hall–Kier alpha value is -2.35. The van der Waals surface area contributed by atoms with E-state index < -0.39 is 0 Å². The minimum absolute atomic E-state index is 0.0265. The van der Waals surface area contributed by atoms with Crippen LogP contribution in [0.2, 0.25) is 0 Å². The van der Waals surface area contributed by atoms with Crippen LogP contribution >= 0.6 is 0 Å². The predicted molar refractivity (Wildman–Crippen MR) is 72.7 cm³/mol.